The minimum absolute atomic E-state index is 0.275. The summed E-state index contributed by atoms with van der Waals surface area (Å²) in [5.41, 5.74) is 3.70. The quantitative estimate of drug-likeness (QED) is 0.628. The van der Waals surface area contributed by atoms with Crippen molar-refractivity contribution in [1.82, 2.24) is 19.9 Å². The van der Waals surface area contributed by atoms with Crippen molar-refractivity contribution >= 4 is 34.4 Å². The topological polar surface area (TPSA) is 102 Å². The molecule has 3 heterocycles. The summed E-state index contributed by atoms with van der Waals surface area (Å²) in [4.78, 5) is 21.6. The Hall–Kier alpha value is -3.33. The number of anilines is 3. The third-order valence-electron chi connectivity index (χ3n) is 4.91. The third-order valence-corrected chi connectivity index (χ3v) is 4.91. The molecule has 0 unspecified atom stereocenters. The van der Waals surface area contributed by atoms with E-state index in [0.29, 0.717) is 36.7 Å². The molecule has 3 N–H and O–H groups in total. The molecule has 9 heteroatoms. The molecule has 29 heavy (non-hydrogen) atoms. The number of hydrogen-bond donors (Lipinski definition) is 3. The van der Waals surface area contributed by atoms with E-state index in [0.717, 1.165) is 35.5 Å². The Morgan fingerprint density at radius 2 is 2.21 bits per heavy atom. The number of carbonyl (C=O) groups is 1. The molecule has 0 spiro atoms. The molecule has 150 valence electrons. The Labute approximate surface area is 167 Å². The van der Waals surface area contributed by atoms with Crippen molar-refractivity contribution in [2.75, 3.05) is 30.8 Å². The standard InChI is InChI=1S/C20H22N6O3/c1-21-15-9-17-24-14-8-12(2-5-16(14)29-13-3-4-13)10-28-7-6-22-20(27)26-11-23-18(15)19(26)25-17/h2,5,8-9,11,13H,3-4,6-7,10H2,1H3,(H,22,27)(H2,21,24,25). The number of amides is 1. The van der Waals surface area contributed by atoms with Gasteiger partial charge >= 0.3 is 6.03 Å². The average molecular weight is 394 g/mol. The summed E-state index contributed by atoms with van der Waals surface area (Å²) in [6.45, 7) is 1.24. The van der Waals surface area contributed by atoms with E-state index in [1.807, 2.05) is 31.3 Å². The van der Waals surface area contributed by atoms with Crippen molar-refractivity contribution in [2.45, 2.75) is 25.6 Å². The number of carbonyl (C=O) groups excluding carboxylic acids is 1. The molecule has 1 fully saturated rings. The molecule has 1 aliphatic heterocycles. The first-order valence-corrected chi connectivity index (χ1v) is 9.69. The zero-order chi connectivity index (χ0) is 19.8. The SMILES string of the molecule is CNc1cc2nc3c1ncn3C(=O)NCCOCc1ccc(OC3CC3)c(c1)N2. The van der Waals surface area contributed by atoms with Crippen LogP contribution in [-0.4, -0.2) is 46.9 Å². The zero-order valence-corrected chi connectivity index (χ0v) is 16.1. The molecule has 1 aliphatic carbocycles. The van der Waals surface area contributed by atoms with Crippen LogP contribution >= 0.6 is 0 Å². The zero-order valence-electron chi connectivity index (χ0n) is 16.1. The van der Waals surface area contributed by atoms with Gasteiger partial charge in [-0.2, -0.15) is 0 Å². The van der Waals surface area contributed by atoms with Gasteiger partial charge in [-0.25, -0.2) is 19.3 Å². The van der Waals surface area contributed by atoms with E-state index in [1.165, 1.54) is 10.9 Å². The number of rotatable bonds is 3. The molecule has 0 saturated heterocycles. The van der Waals surface area contributed by atoms with Crippen LogP contribution in [0.15, 0.2) is 30.6 Å². The van der Waals surface area contributed by atoms with Crippen molar-refractivity contribution in [1.29, 1.82) is 0 Å². The highest BCUT2D eigenvalue weighted by atomic mass is 16.5. The second-order valence-electron chi connectivity index (χ2n) is 7.15. The van der Waals surface area contributed by atoms with E-state index < -0.39 is 0 Å². The van der Waals surface area contributed by atoms with Crippen molar-refractivity contribution in [3.05, 3.63) is 36.2 Å². The number of benzene rings is 1. The number of nitrogens with one attached hydrogen (secondary N) is 3. The summed E-state index contributed by atoms with van der Waals surface area (Å²) in [6, 6.07) is 7.56. The van der Waals surface area contributed by atoms with Crippen molar-refractivity contribution < 1.29 is 14.3 Å². The molecule has 9 nitrogen and oxygen atoms in total. The summed E-state index contributed by atoms with van der Waals surface area (Å²) in [6.07, 6.45) is 3.91. The van der Waals surface area contributed by atoms with Gasteiger partial charge in [0, 0.05) is 19.7 Å². The second-order valence-corrected chi connectivity index (χ2v) is 7.15. The van der Waals surface area contributed by atoms with Crippen LogP contribution in [0, 0.1) is 0 Å². The van der Waals surface area contributed by atoms with Crippen molar-refractivity contribution in [3.8, 4) is 5.75 Å². The fourth-order valence-corrected chi connectivity index (χ4v) is 3.27. The largest absolute Gasteiger partial charge is 0.488 e. The lowest BCUT2D eigenvalue weighted by Gasteiger charge is -2.16. The molecule has 2 aliphatic rings. The lowest BCUT2D eigenvalue weighted by atomic mass is 10.2. The highest BCUT2D eigenvalue weighted by molar-refractivity contribution is 5.94. The number of hydrogen-bond acceptors (Lipinski definition) is 7. The van der Waals surface area contributed by atoms with Gasteiger partial charge in [-0.05, 0) is 30.5 Å². The molecule has 1 aromatic carbocycles. The average Bonchev–Trinajstić information content (AvgIpc) is 3.44. The van der Waals surface area contributed by atoms with Gasteiger partial charge in [0.2, 0.25) is 0 Å². The number of nitrogens with zero attached hydrogens (tertiary/aromatic N) is 3. The van der Waals surface area contributed by atoms with Gasteiger partial charge in [0.15, 0.2) is 5.65 Å². The third kappa shape index (κ3) is 3.56. The maximum Gasteiger partial charge on any atom is 0.328 e. The predicted molar refractivity (Wildman–Crippen MR) is 109 cm³/mol. The van der Waals surface area contributed by atoms with Crippen molar-refractivity contribution in [3.63, 3.8) is 0 Å². The Kier molecular flexibility index (Phi) is 4.44. The summed E-state index contributed by atoms with van der Waals surface area (Å²) >= 11 is 0. The number of imidazole rings is 1. The van der Waals surface area contributed by atoms with Gasteiger partial charge in [0.1, 0.15) is 23.4 Å². The lowest BCUT2D eigenvalue weighted by Crippen LogP contribution is -2.31. The van der Waals surface area contributed by atoms with Crippen LogP contribution in [0.2, 0.25) is 0 Å². The molecular weight excluding hydrogens is 372 g/mol. The first-order valence-electron chi connectivity index (χ1n) is 9.69. The Morgan fingerprint density at radius 1 is 1.31 bits per heavy atom. The number of fused-ring (bicyclic) bond motifs is 3. The molecule has 2 aromatic heterocycles. The minimum Gasteiger partial charge on any atom is -0.488 e. The molecule has 4 bridgehead atoms. The van der Waals surface area contributed by atoms with Gasteiger partial charge in [0.25, 0.3) is 0 Å². The lowest BCUT2D eigenvalue weighted by molar-refractivity contribution is 0.123. The number of ether oxygens (including phenoxy) is 2. The van der Waals surface area contributed by atoms with E-state index in [2.05, 4.69) is 25.9 Å². The maximum absolute atomic E-state index is 12.6. The highest BCUT2D eigenvalue weighted by Crippen LogP contribution is 2.35. The Morgan fingerprint density at radius 3 is 3.03 bits per heavy atom. The summed E-state index contributed by atoms with van der Waals surface area (Å²) in [5.74, 6) is 1.37. The second kappa shape index (κ2) is 7.25. The van der Waals surface area contributed by atoms with E-state index in [-0.39, 0.29) is 12.1 Å². The van der Waals surface area contributed by atoms with Gasteiger partial charge in [0.05, 0.1) is 30.7 Å². The van der Waals surface area contributed by atoms with Crippen LogP contribution in [0.5, 0.6) is 5.75 Å². The fraction of sp³-hybridized carbons (Fsp3) is 0.350. The molecular formula is C20H22N6O3. The van der Waals surface area contributed by atoms with Crippen LogP contribution in [0.1, 0.15) is 18.4 Å². The normalized spacial score (nSPS) is 16.8. The first-order chi connectivity index (χ1) is 14.2. The molecule has 0 atom stereocenters. The van der Waals surface area contributed by atoms with E-state index in [9.17, 15) is 4.79 Å². The van der Waals surface area contributed by atoms with Gasteiger partial charge in [-0.3, -0.25) is 0 Å². The van der Waals surface area contributed by atoms with Crippen LogP contribution in [0.3, 0.4) is 0 Å². The molecule has 3 aromatic rings. The molecule has 0 radical (unpaired) electrons. The monoisotopic (exact) mass is 394 g/mol. The van der Waals surface area contributed by atoms with E-state index >= 15 is 0 Å². The van der Waals surface area contributed by atoms with Crippen LogP contribution in [0.4, 0.5) is 22.0 Å². The van der Waals surface area contributed by atoms with Crippen LogP contribution in [0.25, 0.3) is 11.2 Å². The van der Waals surface area contributed by atoms with Gasteiger partial charge in [-0.1, -0.05) is 6.07 Å². The van der Waals surface area contributed by atoms with Crippen LogP contribution < -0.4 is 20.7 Å². The van der Waals surface area contributed by atoms with Gasteiger partial charge in [-0.15, -0.1) is 0 Å². The van der Waals surface area contributed by atoms with E-state index in [4.69, 9.17) is 9.47 Å². The minimum atomic E-state index is -0.295. The van der Waals surface area contributed by atoms with Crippen LogP contribution in [-0.2, 0) is 11.3 Å². The molecule has 1 amide bonds. The van der Waals surface area contributed by atoms with Gasteiger partial charge < -0.3 is 25.4 Å². The predicted octanol–water partition coefficient (Wildman–Crippen LogP) is 2.85. The fourth-order valence-electron chi connectivity index (χ4n) is 3.27. The Balaban J connectivity index is 1.62. The maximum atomic E-state index is 12.6. The van der Waals surface area contributed by atoms with Crippen molar-refractivity contribution in [2.24, 2.45) is 0 Å². The molecule has 5 rings (SSSR count). The Bertz CT molecular complexity index is 1080. The smallest absolute Gasteiger partial charge is 0.328 e. The number of aromatic nitrogens is 3. The highest BCUT2D eigenvalue weighted by Gasteiger charge is 2.25. The number of pyridine rings is 1. The summed E-state index contributed by atoms with van der Waals surface area (Å²) < 4.78 is 13.2. The molecule has 1 saturated carbocycles. The summed E-state index contributed by atoms with van der Waals surface area (Å²) in [5, 5.41) is 9.32. The summed E-state index contributed by atoms with van der Waals surface area (Å²) in [7, 11) is 1.82. The first kappa shape index (κ1) is 17.7. The van der Waals surface area contributed by atoms with E-state index in [1.54, 1.807) is 0 Å².